The van der Waals surface area contributed by atoms with Crippen LogP contribution in [0.1, 0.15) is 37.5 Å². The molecule has 0 atom stereocenters. The SMILES string of the molecule is C=C=Cc1cc(C(C)(C)C)cc(C)c1OC. The monoisotopic (exact) mass is 216 g/mol. The van der Waals surface area contributed by atoms with E-state index in [4.69, 9.17) is 4.74 Å². The van der Waals surface area contributed by atoms with Gasteiger partial charge in [-0.3, -0.25) is 0 Å². The maximum Gasteiger partial charge on any atom is 0.129 e. The van der Waals surface area contributed by atoms with Crippen molar-refractivity contribution in [3.8, 4) is 5.75 Å². The molecule has 0 saturated carbocycles. The Hall–Kier alpha value is -1.46. The number of benzene rings is 1. The van der Waals surface area contributed by atoms with Gasteiger partial charge in [0.2, 0.25) is 0 Å². The van der Waals surface area contributed by atoms with Crippen molar-refractivity contribution in [2.24, 2.45) is 0 Å². The predicted molar refractivity (Wildman–Crippen MR) is 70.0 cm³/mol. The van der Waals surface area contributed by atoms with Gasteiger partial charge in [-0.05, 0) is 35.6 Å². The highest BCUT2D eigenvalue weighted by Crippen LogP contribution is 2.31. The maximum atomic E-state index is 5.40. The van der Waals surface area contributed by atoms with Crippen molar-refractivity contribution in [2.75, 3.05) is 7.11 Å². The lowest BCUT2D eigenvalue weighted by Crippen LogP contribution is -2.12. The van der Waals surface area contributed by atoms with Crippen molar-refractivity contribution < 1.29 is 4.74 Å². The molecule has 16 heavy (non-hydrogen) atoms. The summed E-state index contributed by atoms with van der Waals surface area (Å²) in [6, 6.07) is 4.32. The van der Waals surface area contributed by atoms with Gasteiger partial charge in [-0.25, -0.2) is 0 Å². The number of hydrogen-bond donors (Lipinski definition) is 0. The summed E-state index contributed by atoms with van der Waals surface area (Å²) in [6.07, 6.45) is 1.86. The summed E-state index contributed by atoms with van der Waals surface area (Å²) >= 11 is 0. The molecule has 1 aromatic rings. The van der Waals surface area contributed by atoms with Gasteiger partial charge in [-0.2, -0.15) is 0 Å². The summed E-state index contributed by atoms with van der Waals surface area (Å²) in [5.74, 6) is 0.907. The van der Waals surface area contributed by atoms with E-state index in [1.165, 1.54) is 5.56 Å². The van der Waals surface area contributed by atoms with Crippen LogP contribution in [0.25, 0.3) is 6.08 Å². The van der Waals surface area contributed by atoms with Crippen LogP contribution in [0, 0.1) is 6.92 Å². The van der Waals surface area contributed by atoms with Crippen LogP contribution in [-0.2, 0) is 5.41 Å². The predicted octanol–water partition coefficient (Wildman–Crippen LogP) is 4.10. The lowest BCUT2D eigenvalue weighted by molar-refractivity contribution is 0.410. The van der Waals surface area contributed by atoms with E-state index in [1.54, 1.807) is 7.11 Å². The highest BCUT2D eigenvalue weighted by molar-refractivity contribution is 5.61. The van der Waals surface area contributed by atoms with Crippen LogP contribution in [0.2, 0.25) is 0 Å². The van der Waals surface area contributed by atoms with E-state index in [-0.39, 0.29) is 5.41 Å². The molecule has 0 radical (unpaired) electrons. The van der Waals surface area contributed by atoms with Gasteiger partial charge in [0.05, 0.1) is 7.11 Å². The first-order valence-corrected chi connectivity index (χ1v) is 5.45. The minimum atomic E-state index is 0.140. The van der Waals surface area contributed by atoms with Crippen molar-refractivity contribution in [1.82, 2.24) is 0 Å². The number of aryl methyl sites for hydroxylation is 1. The first-order chi connectivity index (χ1) is 7.40. The quantitative estimate of drug-likeness (QED) is 0.676. The third-order valence-electron chi connectivity index (χ3n) is 2.63. The van der Waals surface area contributed by atoms with Gasteiger partial charge in [-0.15, -0.1) is 5.73 Å². The molecule has 1 heteroatoms. The number of rotatable bonds is 2. The van der Waals surface area contributed by atoms with Crippen LogP contribution in [-0.4, -0.2) is 7.11 Å². The molecule has 0 spiro atoms. The largest absolute Gasteiger partial charge is 0.496 e. The molecule has 1 aromatic carbocycles. The molecule has 0 bridgehead atoms. The van der Waals surface area contributed by atoms with Crippen molar-refractivity contribution in [3.05, 3.63) is 41.1 Å². The van der Waals surface area contributed by atoms with E-state index in [1.807, 2.05) is 6.08 Å². The van der Waals surface area contributed by atoms with Crippen LogP contribution in [0.4, 0.5) is 0 Å². The van der Waals surface area contributed by atoms with E-state index < -0.39 is 0 Å². The van der Waals surface area contributed by atoms with Crippen molar-refractivity contribution >= 4 is 6.08 Å². The van der Waals surface area contributed by atoms with Crippen molar-refractivity contribution in [2.45, 2.75) is 33.1 Å². The van der Waals surface area contributed by atoms with Gasteiger partial charge in [0.1, 0.15) is 5.75 Å². The van der Waals surface area contributed by atoms with Crippen LogP contribution < -0.4 is 4.74 Å². The van der Waals surface area contributed by atoms with Crippen LogP contribution in [0.3, 0.4) is 0 Å². The lowest BCUT2D eigenvalue weighted by Gasteiger charge is -2.21. The minimum absolute atomic E-state index is 0.140. The van der Waals surface area contributed by atoms with Gasteiger partial charge in [0.15, 0.2) is 0 Å². The molecule has 1 nitrogen and oxygen atoms in total. The lowest BCUT2D eigenvalue weighted by atomic mass is 9.85. The van der Waals surface area contributed by atoms with E-state index >= 15 is 0 Å². The molecular weight excluding hydrogens is 196 g/mol. The Labute approximate surface area is 98.5 Å². The topological polar surface area (TPSA) is 9.23 Å². The van der Waals surface area contributed by atoms with Gasteiger partial charge < -0.3 is 4.74 Å². The molecule has 0 aliphatic carbocycles. The zero-order chi connectivity index (χ0) is 12.3. The summed E-state index contributed by atoms with van der Waals surface area (Å²) in [4.78, 5) is 0. The number of ether oxygens (including phenoxy) is 1. The summed E-state index contributed by atoms with van der Waals surface area (Å²) in [7, 11) is 1.69. The number of hydrogen-bond acceptors (Lipinski definition) is 1. The average Bonchev–Trinajstić information content (AvgIpc) is 2.16. The molecular formula is C15H20O. The Bertz CT molecular complexity index is 429. The zero-order valence-electron chi connectivity index (χ0n) is 10.8. The van der Waals surface area contributed by atoms with Crippen molar-refractivity contribution in [1.29, 1.82) is 0 Å². The van der Waals surface area contributed by atoms with Crippen LogP contribution >= 0.6 is 0 Å². The Morgan fingerprint density at radius 1 is 1.31 bits per heavy atom. The second-order valence-corrected chi connectivity index (χ2v) is 5.01. The molecule has 86 valence electrons. The van der Waals surface area contributed by atoms with Gasteiger partial charge in [-0.1, -0.05) is 33.4 Å². The van der Waals surface area contributed by atoms with Gasteiger partial charge >= 0.3 is 0 Å². The molecule has 0 heterocycles. The van der Waals surface area contributed by atoms with Gasteiger partial charge in [0.25, 0.3) is 0 Å². The molecule has 0 amide bonds. The summed E-state index contributed by atoms with van der Waals surface area (Å²) in [5.41, 5.74) is 6.44. The molecule has 0 aliphatic heterocycles. The van der Waals surface area contributed by atoms with Crippen molar-refractivity contribution in [3.63, 3.8) is 0 Å². The second-order valence-electron chi connectivity index (χ2n) is 5.01. The highest BCUT2D eigenvalue weighted by atomic mass is 16.5. The Kier molecular flexibility index (Phi) is 3.62. The highest BCUT2D eigenvalue weighted by Gasteiger charge is 2.16. The smallest absolute Gasteiger partial charge is 0.129 e. The van der Waals surface area contributed by atoms with E-state index in [0.29, 0.717) is 0 Å². The molecule has 1 rings (SSSR count). The normalized spacial score (nSPS) is 10.8. The fraction of sp³-hybridized carbons (Fsp3) is 0.400. The summed E-state index contributed by atoms with van der Waals surface area (Å²) < 4.78 is 5.40. The molecule has 0 saturated heterocycles. The number of methoxy groups -OCH3 is 1. The minimum Gasteiger partial charge on any atom is -0.496 e. The first-order valence-electron chi connectivity index (χ1n) is 5.45. The fourth-order valence-corrected chi connectivity index (χ4v) is 1.73. The zero-order valence-corrected chi connectivity index (χ0v) is 10.8. The third kappa shape index (κ3) is 2.56. The van der Waals surface area contributed by atoms with Crippen LogP contribution in [0.15, 0.2) is 24.4 Å². The molecule has 0 N–H and O–H groups in total. The van der Waals surface area contributed by atoms with E-state index in [9.17, 15) is 0 Å². The standard InChI is InChI=1S/C15H20O/c1-7-8-12-10-13(15(3,4)5)9-11(2)14(12)16-6/h8-10H,1H2,2-6H3. The Balaban J connectivity index is 3.45. The Morgan fingerprint density at radius 3 is 2.38 bits per heavy atom. The van der Waals surface area contributed by atoms with E-state index in [0.717, 1.165) is 16.9 Å². The van der Waals surface area contributed by atoms with Crippen LogP contribution in [0.5, 0.6) is 5.75 Å². The maximum absolute atomic E-state index is 5.40. The fourth-order valence-electron chi connectivity index (χ4n) is 1.73. The van der Waals surface area contributed by atoms with Gasteiger partial charge in [0, 0.05) is 5.56 Å². The Morgan fingerprint density at radius 2 is 1.94 bits per heavy atom. The summed E-state index contributed by atoms with van der Waals surface area (Å²) in [5, 5.41) is 0. The molecule has 0 fully saturated rings. The third-order valence-corrected chi connectivity index (χ3v) is 2.63. The molecule has 0 aromatic heterocycles. The van der Waals surface area contributed by atoms with E-state index in [2.05, 4.69) is 52.1 Å². The second kappa shape index (κ2) is 4.59. The average molecular weight is 216 g/mol. The first kappa shape index (κ1) is 12.6. The molecule has 0 unspecified atom stereocenters. The molecule has 0 aliphatic rings. The summed E-state index contributed by atoms with van der Waals surface area (Å²) in [6.45, 7) is 12.3.